The molecule has 1 atom stereocenters. The molecule has 0 spiro atoms. The van der Waals surface area contributed by atoms with Gasteiger partial charge in [0.1, 0.15) is 12.4 Å². The molecule has 1 saturated heterocycles. The minimum Gasteiger partial charge on any atom is -0.386 e. The highest BCUT2D eigenvalue weighted by atomic mass is 28.4. The van der Waals surface area contributed by atoms with Crippen LogP contribution in [0.3, 0.4) is 0 Å². The zero-order valence-corrected chi connectivity index (χ0v) is 20.6. The molecule has 4 aromatic rings. The van der Waals surface area contributed by atoms with Crippen LogP contribution in [0.2, 0.25) is 19.6 Å². The maximum atomic E-state index is 12.8. The van der Waals surface area contributed by atoms with Crippen molar-refractivity contribution in [3.8, 4) is 11.1 Å². The molecule has 1 aliphatic rings. The molecule has 0 bridgehead atoms. The summed E-state index contributed by atoms with van der Waals surface area (Å²) in [6.45, 7) is 6.99. The number of nitrogens with zero attached hydrogens (tertiary/aromatic N) is 1. The van der Waals surface area contributed by atoms with Gasteiger partial charge in [0.2, 0.25) is 5.79 Å². The summed E-state index contributed by atoms with van der Waals surface area (Å²) in [7, 11) is -1.83. The standard InChI is InChI=1S/C27H25F3N2O2Si/c1-35(2,3)34-26(17-33-26)22-7-5-4-6-21(22)19-11-14-23-24(16-19)32-25(31-23)15-10-18-8-12-20(13-9-18)27(28,29)30/h4-16H,17H2,1-3H3,(H,31,32). The van der Waals surface area contributed by atoms with Crippen LogP contribution in [0.15, 0.2) is 66.7 Å². The number of H-pyrrole nitrogens is 1. The van der Waals surface area contributed by atoms with Crippen molar-refractivity contribution in [2.75, 3.05) is 6.61 Å². The number of alkyl halides is 3. The number of aromatic amines is 1. The van der Waals surface area contributed by atoms with Crippen LogP contribution in [0, 0.1) is 0 Å². The molecule has 2 heterocycles. The molecular formula is C27H25F3N2O2Si. The number of hydrogen-bond acceptors (Lipinski definition) is 3. The van der Waals surface area contributed by atoms with Crippen molar-refractivity contribution < 1.29 is 22.3 Å². The summed E-state index contributed by atoms with van der Waals surface area (Å²) in [4.78, 5) is 7.88. The lowest BCUT2D eigenvalue weighted by Crippen LogP contribution is -2.33. The molecule has 5 rings (SSSR count). The lowest BCUT2D eigenvalue weighted by molar-refractivity contribution is -0.137. The van der Waals surface area contributed by atoms with Gasteiger partial charge in [0.25, 0.3) is 0 Å². The highest BCUT2D eigenvalue weighted by Gasteiger charge is 2.51. The fraction of sp³-hybridized carbons (Fsp3) is 0.222. The van der Waals surface area contributed by atoms with Crippen molar-refractivity contribution in [2.45, 2.75) is 31.6 Å². The van der Waals surface area contributed by atoms with Gasteiger partial charge in [0, 0.05) is 5.56 Å². The zero-order chi connectivity index (χ0) is 24.8. The summed E-state index contributed by atoms with van der Waals surface area (Å²) in [6, 6.07) is 19.2. The number of benzene rings is 3. The second-order valence-corrected chi connectivity index (χ2v) is 14.0. The van der Waals surface area contributed by atoms with E-state index >= 15 is 0 Å². The Bertz CT molecular complexity index is 1400. The molecule has 0 saturated carbocycles. The molecule has 35 heavy (non-hydrogen) atoms. The van der Waals surface area contributed by atoms with E-state index < -0.39 is 25.8 Å². The molecule has 0 aliphatic carbocycles. The topological polar surface area (TPSA) is 50.4 Å². The maximum absolute atomic E-state index is 12.8. The molecule has 1 aliphatic heterocycles. The summed E-state index contributed by atoms with van der Waals surface area (Å²) in [5.41, 5.74) is 4.73. The van der Waals surface area contributed by atoms with Gasteiger partial charge in [0.15, 0.2) is 8.32 Å². The smallest absolute Gasteiger partial charge is 0.386 e. The summed E-state index contributed by atoms with van der Waals surface area (Å²) in [6.07, 6.45) is -0.857. The van der Waals surface area contributed by atoms with Crippen molar-refractivity contribution in [1.29, 1.82) is 0 Å². The molecule has 1 unspecified atom stereocenters. The maximum Gasteiger partial charge on any atom is 0.416 e. The fourth-order valence-electron chi connectivity index (χ4n) is 4.13. The lowest BCUT2D eigenvalue weighted by atomic mass is 9.96. The number of rotatable bonds is 6. The van der Waals surface area contributed by atoms with Gasteiger partial charge >= 0.3 is 6.18 Å². The third-order valence-electron chi connectivity index (χ3n) is 5.70. The Hall–Kier alpha value is -3.20. The summed E-state index contributed by atoms with van der Waals surface area (Å²) in [5.74, 6) is -0.0612. The fourth-order valence-corrected chi connectivity index (χ4v) is 5.35. The molecule has 0 amide bonds. The number of halogens is 3. The van der Waals surface area contributed by atoms with E-state index in [0.717, 1.165) is 39.9 Å². The average molecular weight is 495 g/mol. The lowest BCUT2D eigenvalue weighted by Gasteiger charge is -2.25. The van der Waals surface area contributed by atoms with Crippen molar-refractivity contribution >= 4 is 31.5 Å². The number of fused-ring (bicyclic) bond motifs is 1. The van der Waals surface area contributed by atoms with E-state index in [9.17, 15) is 13.2 Å². The normalized spacial score (nSPS) is 18.5. The third-order valence-corrected chi connectivity index (χ3v) is 6.64. The monoisotopic (exact) mass is 494 g/mol. The minimum absolute atomic E-state index is 0.541. The van der Waals surface area contributed by atoms with Crippen LogP contribution in [0.25, 0.3) is 34.3 Å². The van der Waals surface area contributed by atoms with E-state index in [1.54, 1.807) is 12.2 Å². The number of epoxide rings is 1. The summed E-state index contributed by atoms with van der Waals surface area (Å²) >= 11 is 0. The average Bonchev–Trinajstić information content (AvgIpc) is 3.44. The zero-order valence-electron chi connectivity index (χ0n) is 19.6. The number of hydrogen-bond donors (Lipinski definition) is 1. The molecule has 3 aromatic carbocycles. The Morgan fingerprint density at radius 1 is 1.00 bits per heavy atom. The van der Waals surface area contributed by atoms with Crippen molar-refractivity contribution in [2.24, 2.45) is 0 Å². The minimum atomic E-state index is -4.34. The van der Waals surface area contributed by atoms with Gasteiger partial charge in [-0.25, -0.2) is 4.98 Å². The van der Waals surface area contributed by atoms with Gasteiger partial charge in [-0.2, -0.15) is 13.2 Å². The van der Waals surface area contributed by atoms with Gasteiger partial charge in [-0.15, -0.1) is 0 Å². The van der Waals surface area contributed by atoms with Gasteiger partial charge in [-0.05, 0) is 66.7 Å². The quantitative estimate of drug-likeness (QED) is 0.224. The van der Waals surface area contributed by atoms with Crippen LogP contribution >= 0.6 is 0 Å². The first-order chi connectivity index (χ1) is 16.5. The highest BCUT2D eigenvalue weighted by Crippen LogP contribution is 2.46. The Labute approximate surface area is 202 Å². The first-order valence-corrected chi connectivity index (χ1v) is 14.7. The van der Waals surface area contributed by atoms with Crippen LogP contribution in [-0.4, -0.2) is 24.9 Å². The number of aromatic nitrogens is 2. The first-order valence-electron chi connectivity index (χ1n) is 11.3. The Kier molecular flexibility index (Phi) is 5.70. The first kappa shape index (κ1) is 23.5. The third kappa shape index (κ3) is 5.10. The molecule has 1 aromatic heterocycles. The SMILES string of the molecule is C[Si](C)(C)OC1(c2ccccc2-c2ccc3nc(C=Cc4ccc(C(F)(F)F)cc4)[nH]c3c2)CO1. The summed E-state index contributed by atoms with van der Waals surface area (Å²) in [5, 5.41) is 0. The Balaban J connectivity index is 1.42. The van der Waals surface area contributed by atoms with Crippen LogP contribution in [-0.2, 0) is 21.1 Å². The predicted octanol–water partition coefficient (Wildman–Crippen LogP) is 7.45. The van der Waals surface area contributed by atoms with Crippen LogP contribution in [0.1, 0.15) is 22.5 Å². The van der Waals surface area contributed by atoms with E-state index in [4.69, 9.17) is 9.16 Å². The molecule has 4 nitrogen and oxygen atoms in total. The Morgan fingerprint density at radius 3 is 2.37 bits per heavy atom. The van der Waals surface area contributed by atoms with Gasteiger partial charge in [0.05, 0.1) is 16.6 Å². The van der Waals surface area contributed by atoms with E-state index in [-0.39, 0.29) is 0 Å². The second kappa shape index (κ2) is 8.48. The largest absolute Gasteiger partial charge is 0.416 e. The van der Waals surface area contributed by atoms with Crippen molar-refractivity contribution in [3.63, 3.8) is 0 Å². The van der Waals surface area contributed by atoms with E-state index in [2.05, 4.69) is 41.7 Å². The predicted molar refractivity (Wildman–Crippen MR) is 134 cm³/mol. The molecule has 0 radical (unpaired) electrons. The van der Waals surface area contributed by atoms with Crippen molar-refractivity contribution in [1.82, 2.24) is 9.97 Å². The van der Waals surface area contributed by atoms with E-state index in [0.29, 0.717) is 18.0 Å². The number of nitrogens with one attached hydrogen (secondary N) is 1. The summed E-state index contributed by atoms with van der Waals surface area (Å²) < 4.78 is 50.5. The van der Waals surface area contributed by atoms with Gasteiger partial charge in [-0.3, -0.25) is 0 Å². The second-order valence-electron chi connectivity index (χ2n) is 9.61. The molecule has 1 N–H and O–H groups in total. The van der Waals surface area contributed by atoms with Crippen LogP contribution in [0.4, 0.5) is 13.2 Å². The molecule has 180 valence electrons. The highest BCUT2D eigenvalue weighted by molar-refractivity contribution is 6.69. The Morgan fingerprint density at radius 2 is 1.71 bits per heavy atom. The van der Waals surface area contributed by atoms with Gasteiger partial charge < -0.3 is 14.1 Å². The van der Waals surface area contributed by atoms with Gasteiger partial charge in [-0.1, -0.05) is 48.5 Å². The van der Waals surface area contributed by atoms with Crippen LogP contribution in [0.5, 0.6) is 0 Å². The number of ether oxygens (including phenoxy) is 1. The molecular weight excluding hydrogens is 469 g/mol. The number of imidazole rings is 1. The van der Waals surface area contributed by atoms with Crippen molar-refractivity contribution in [3.05, 3.63) is 89.2 Å². The van der Waals surface area contributed by atoms with Crippen LogP contribution < -0.4 is 0 Å². The molecule has 8 heteroatoms. The molecule has 1 fully saturated rings. The van der Waals surface area contributed by atoms with E-state index in [1.807, 2.05) is 30.3 Å². The van der Waals surface area contributed by atoms with E-state index in [1.165, 1.54) is 12.1 Å².